The van der Waals surface area contributed by atoms with E-state index < -0.39 is 0 Å². The molecule has 0 radical (unpaired) electrons. The zero-order valence-electron chi connectivity index (χ0n) is 14.1. The molecule has 128 valence electrons. The number of nitrogens with one attached hydrogen (secondary N) is 2. The molecule has 0 aliphatic rings. The molecule has 0 aliphatic heterocycles. The van der Waals surface area contributed by atoms with Gasteiger partial charge in [-0.15, -0.1) is 11.8 Å². The third-order valence-electron chi connectivity index (χ3n) is 3.01. The average Bonchev–Trinajstić information content (AvgIpc) is 2.98. The first-order valence-corrected chi connectivity index (χ1v) is 8.67. The average molecular weight is 346 g/mol. The van der Waals surface area contributed by atoms with Gasteiger partial charge < -0.3 is 15.1 Å². The number of benzene rings is 1. The Balaban J connectivity index is 1.89. The molecule has 0 atom stereocenters. The first kappa shape index (κ1) is 18.1. The second-order valence-corrected chi connectivity index (χ2v) is 7.41. The number of carbonyl (C=O) groups excluding carboxylic acids is 2. The number of hydrogen-bond donors (Lipinski definition) is 2. The van der Waals surface area contributed by atoms with Gasteiger partial charge in [0.05, 0.1) is 12.8 Å². The van der Waals surface area contributed by atoms with Crippen molar-refractivity contribution in [2.45, 2.75) is 37.0 Å². The van der Waals surface area contributed by atoms with Crippen molar-refractivity contribution >= 4 is 23.6 Å². The quantitative estimate of drug-likeness (QED) is 0.788. The first-order chi connectivity index (χ1) is 11.3. The molecule has 24 heavy (non-hydrogen) atoms. The van der Waals surface area contributed by atoms with E-state index in [1.165, 1.54) is 6.26 Å². The van der Waals surface area contributed by atoms with Gasteiger partial charge in [-0.05, 0) is 39.0 Å². The maximum absolute atomic E-state index is 12.2. The van der Waals surface area contributed by atoms with Crippen LogP contribution in [0.3, 0.4) is 0 Å². The fourth-order valence-corrected chi connectivity index (χ4v) is 2.93. The fraction of sp³-hybridized carbons (Fsp3) is 0.333. The van der Waals surface area contributed by atoms with Gasteiger partial charge in [0.1, 0.15) is 0 Å². The number of carbonyl (C=O) groups is 2. The molecule has 0 bridgehead atoms. The van der Waals surface area contributed by atoms with Crippen LogP contribution >= 0.6 is 11.8 Å². The lowest BCUT2D eigenvalue weighted by Gasteiger charge is -2.20. The zero-order chi connectivity index (χ0) is 17.6. The van der Waals surface area contributed by atoms with Crippen molar-refractivity contribution in [1.82, 2.24) is 10.6 Å². The van der Waals surface area contributed by atoms with Gasteiger partial charge in [0, 0.05) is 21.8 Å². The van der Waals surface area contributed by atoms with Gasteiger partial charge in [0.25, 0.3) is 5.91 Å². The number of rotatable bonds is 6. The van der Waals surface area contributed by atoms with E-state index >= 15 is 0 Å². The van der Waals surface area contributed by atoms with Crippen molar-refractivity contribution in [3.05, 3.63) is 54.0 Å². The van der Waals surface area contributed by atoms with Crippen LogP contribution in [-0.2, 0) is 10.5 Å². The van der Waals surface area contributed by atoms with Crippen LogP contribution in [-0.4, -0.2) is 23.9 Å². The third-order valence-corrected chi connectivity index (χ3v) is 4.08. The molecule has 1 aromatic carbocycles. The van der Waals surface area contributed by atoms with Crippen LogP contribution in [0, 0.1) is 0 Å². The summed E-state index contributed by atoms with van der Waals surface area (Å²) in [5, 5.41) is 5.38. The van der Waals surface area contributed by atoms with E-state index in [1.54, 1.807) is 17.8 Å². The molecule has 2 N–H and O–H groups in total. The van der Waals surface area contributed by atoms with E-state index in [9.17, 15) is 9.59 Å². The van der Waals surface area contributed by atoms with E-state index in [0.29, 0.717) is 5.75 Å². The maximum Gasteiger partial charge on any atom is 0.287 e. The summed E-state index contributed by atoms with van der Waals surface area (Å²) < 4.78 is 5.29. The number of amides is 2. The molecule has 0 spiro atoms. The molecule has 5 nitrogen and oxygen atoms in total. The lowest BCUT2D eigenvalue weighted by atomic mass is 10.1. The normalized spacial score (nSPS) is 11.1. The Morgan fingerprint density at radius 3 is 2.50 bits per heavy atom. The Bertz CT molecular complexity index is 690. The summed E-state index contributed by atoms with van der Waals surface area (Å²) in [6.45, 7) is 5.58. The highest BCUT2D eigenvalue weighted by Gasteiger charge is 2.18. The van der Waals surface area contributed by atoms with Gasteiger partial charge in [-0.1, -0.05) is 18.2 Å². The van der Waals surface area contributed by atoms with E-state index in [-0.39, 0.29) is 29.7 Å². The molecule has 6 heteroatoms. The Morgan fingerprint density at radius 2 is 1.83 bits per heavy atom. The Hall–Kier alpha value is -2.21. The van der Waals surface area contributed by atoms with E-state index in [1.807, 2.05) is 51.1 Å². The summed E-state index contributed by atoms with van der Waals surface area (Å²) in [5.74, 6) is 0.259. The SMILES string of the molecule is CC(C)(C)NC(=O)CNC(=O)c1occc1CSc1ccccc1. The Morgan fingerprint density at radius 1 is 1.12 bits per heavy atom. The summed E-state index contributed by atoms with van der Waals surface area (Å²) in [7, 11) is 0. The van der Waals surface area contributed by atoms with Crippen molar-refractivity contribution < 1.29 is 14.0 Å². The molecule has 1 aromatic heterocycles. The van der Waals surface area contributed by atoms with Crippen LogP contribution in [0.5, 0.6) is 0 Å². The van der Waals surface area contributed by atoms with Crippen LogP contribution < -0.4 is 10.6 Å². The standard InChI is InChI=1S/C18H22N2O3S/c1-18(2,3)20-15(21)11-19-17(22)16-13(9-10-23-16)12-24-14-7-5-4-6-8-14/h4-10H,11-12H2,1-3H3,(H,19,22)(H,20,21). The minimum atomic E-state index is -0.382. The monoisotopic (exact) mass is 346 g/mol. The smallest absolute Gasteiger partial charge is 0.287 e. The molecule has 2 amide bonds. The molecule has 0 fully saturated rings. The van der Waals surface area contributed by atoms with E-state index in [2.05, 4.69) is 10.6 Å². The lowest BCUT2D eigenvalue weighted by Crippen LogP contribution is -2.45. The first-order valence-electron chi connectivity index (χ1n) is 7.68. The van der Waals surface area contributed by atoms with Crippen molar-refractivity contribution in [3.63, 3.8) is 0 Å². The maximum atomic E-state index is 12.2. The second kappa shape index (κ2) is 8.06. The molecule has 0 aliphatic carbocycles. The highest BCUT2D eigenvalue weighted by atomic mass is 32.2. The van der Waals surface area contributed by atoms with E-state index in [0.717, 1.165) is 10.5 Å². The van der Waals surface area contributed by atoms with E-state index in [4.69, 9.17) is 4.42 Å². The van der Waals surface area contributed by atoms with Crippen LogP contribution in [0.2, 0.25) is 0 Å². The minimum Gasteiger partial charge on any atom is -0.459 e. The molecular formula is C18H22N2O3S. The van der Waals surface area contributed by atoms with Crippen molar-refractivity contribution in [1.29, 1.82) is 0 Å². The highest BCUT2D eigenvalue weighted by molar-refractivity contribution is 7.98. The van der Waals surface area contributed by atoms with Crippen LogP contribution in [0.4, 0.5) is 0 Å². The zero-order valence-corrected chi connectivity index (χ0v) is 14.9. The van der Waals surface area contributed by atoms with Gasteiger partial charge in [0.15, 0.2) is 5.76 Å². The minimum absolute atomic E-state index is 0.0813. The number of furan rings is 1. The van der Waals surface area contributed by atoms with Gasteiger partial charge in [-0.3, -0.25) is 9.59 Å². The topological polar surface area (TPSA) is 71.3 Å². The Labute approximate surface area is 146 Å². The largest absolute Gasteiger partial charge is 0.459 e. The number of thioether (sulfide) groups is 1. The molecule has 0 unspecified atom stereocenters. The predicted octanol–water partition coefficient (Wildman–Crippen LogP) is 3.22. The van der Waals surface area contributed by atoms with Gasteiger partial charge in [-0.2, -0.15) is 0 Å². The van der Waals surface area contributed by atoms with Crippen LogP contribution in [0.15, 0.2) is 52.0 Å². The summed E-state index contributed by atoms with van der Waals surface area (Å²) >= 11 is 1.62. The predicted molar refractivity (Wildman–Crippen MR) is 94.9 cm³/mol. The van der Waals surface area contributed by atoms with Crippen LogP contribution in [0.1, 0.15) is 36.9 Å². The molecule has 0 saturated carbocycles. The van der Waals surface area contributed by atoms with Gasteiger partial charge in [0.2, 0.25) is 5.91 Å². The summed E-state index contributed by atoms with van der Waals surface area (Å²) in [5.41, 5.74) is 0.474. The highest BCUT2D eigenvalue weighted by Crippen LogP contribution is 2.24. The molecule has 0 saturated heterocycles. The second-order valence-electron chi connectivity index (χ2n) is 6.36. The van der Waals surface area contributed by atoms with Gasteiger partial charge in [-0.25, -0.2) is 0 Å². The molecule has 2 rings (SSSR count). The lowest BCUT2D eigenvalue weighted by molar-refractivity contribution is -0.121. The summed E-state index contributed by atoms with van der Waals surface area (Å²) in [6, 6.07) is 11.7. The van der Waals surface area contributed by atoms with Crippen molar-refractivity contribution in [3.8, 4) is 0 Å². The molecular weight excluding hydrogens is 324 g/mol. The number of hydrogen-bond acceptors (Lipinski definition) is 4. The summed E-state index contributed by atoms with van der Waals surface area (Å²) in [4.78, 5) is 25.1. The summed E-state index contributed by atoms with van der Waals surface area (Å²) in [6.07, 6.45) is 1.49. The Kier molecular flexibility index (Phi) is 6.09. The third kappa shape index (κ3) is 5.77. The molecule has 2 aromatic rings. The molecule has 1 heterocycles. The van der Waals surface area contributed by atoms with Gasteiger partial charge >= 0.3 is 0 Å². The van der Waals surface area contributed by atoms with Crippen molar-refractivity contribution in [2.24, 2.45) is 0 Å². The van der Waals surface area contributed by atoms with Crippen molar-refractivity contribution in [2.75, 3.05) is 6.54 Å². The van der Waals surface area contributed by atoms with Crippen LogP contribution in [0.25, 0.3) is 0 Å². The fourth-order valence-electron chi connectivity index (χ4n) is 2.03.